The van der Waals surface area contributed by atoms with E-state index < -0.39 is 0 Å². The van der Waals surface area contributed by atoms with E-state index in [2.05, 4.69) is 15.5 Å². The van der Waals surface area contributed by atoms with Crippen LogP contribution < -0.4 is 10.6 Å². The lowest BCUT2D eigenvalue weighted by molar-refractivity contribution is 0.175. The lowest BCUT2D eigenvalue weighted by atomic mass is 9.96. The second kappa shape index (κ2) is 8.47. The van der Waals surface area contributed by atoms with Crippen molar-refractivity contribution in [1.82, 2.24) is 15.5 Å². The molecule has 3 N–H and O–H groups in total. The maximum absolute atomic E-state index is 12.0. The number of aliphatic hydroxyl groups is 1. The van der Waals surface area contributed by atoms with Gasteiger partial charge in [-0.05, 0) is 32.1 Å². The third kappa shape index (κ3) is 5.29. The van der Waals surface area contributed by atoms with Crippen LogP contribution in [0, 0.1) is 0 Å². The van der Waals surface area contributed by atoms with Gasteiger partial charge in [-0.2, -0.15) is 0 Å². The Balaban J connectivity index is 1.60. The molecular weight excluding hydrogens is 254 g/mol. The summed E-state index contributed by atoms with van der Waals surface area (Å²) < 4.78 is 0. The van der Waals surface area contributed by atoms with Crippen molar-refractivity contribution in [2.75, 3.05) is 26.2 Å². The van der Waals surface area contributed by atoms with Gasteiger partial charge in [-0.25, -0.2) is 4.79 Å². The van der Waals surface area contributed by atoms with Crippen LogP contribution in [-0.4, -0.2) is 54.4 Å². The smallest absolute Gasteiger partial charge is 0.315 e. The molecule has 1 aliphatic carbocycles. The second-order valence-corrected chi connectivity index (χ2v) is 6.15. The first kappa shape index (κ1) is 15.6. The summed E-state index contributed by atoms with van der Waals surface area (Å²) in [5, 5.41) is 15.1. The number of urea groups is 1. The highest BCUT2D eigenvalue weighted by atomic mass is 16.3. The molecule has 1 saturated heterocycles. The summed E-state index contributed by atoms with van der Waals surface area (Å²) in [7, 11) is 0. The summed E-state index contributed by atoms with van der Waals surface area (Å²) in [5.41, 5.74) is 0. The van der Waals surface area contributed by atoms with Gasteiger partial charge in [0.15, 0.2) is 0 Å². The molecule has 1 aliphatic heterocycles. The van der Waals surface area contributed by atoms with Crippen molar-refractivity contribution in [2.24, 2.45) is 0 Å². The molecule has 2 aliphatic rings. The van der Waals surface area contributed by atoms with Crippen molar-refractivity contribution in [3.05, 3.63) is 0 Å². The van der Waals surface area contributed by atoms with Crippen molar-refractivity contribution in [2.45, 2.75) is 63.5 Å². The Hall–Kier alpha value is -0.810. The molecule has 0 spiro atoms. The van der Waals surface area contributed by atoms with E-state index in [1.165, 1.54) is 19.3 Å². The first-order chi connectivity index (χ1) is 9.78. The molecule has 1 heterocycles. The minimum Gasteiger partial charge on any atom is -0.396 e. The van der Waals surface area contributed by atoms with Crippen LogP contribution in [0.25, 0.3) is 0 Å². The Kier molecular flexibility index (Phi) is 6.60. The maximum Gasteiger partial charge on any atom is 0.315 e. The van der Waals surface area contributed by atoms with Gasteiger partial charge in [0, 0.05) is 38.3 Å². The van der Waals surface area contributed by atoms with Crippen LogP contribution in [0.3, 0.4) is 0 Å². The van der Waals surface area contributed by atoms with Crippen molar-refractivity contribution in [3.8, 4) is 0 Å². The largest absolute Gasteiger partial charge is 0.396 e. The second-order valence-electron chi connectivity index (χ2n) is 6.15. The average Bonchev–Trinajstić information content (AvgIpc) is 2.47. The number of amides is 2. The zero-order valence-electron chi connectivity index (χ0n) is 12.4. The molecule has 2 rings (SSSR count). The molecule has 1 saturated carbocycles. The van der Waals surface area contributed by atoms with Crippen LogP contribution in [0.5, 0.6) is 0 Å². The van der Waals surface area contributed by atoms with Crippen molar-refractivity contribution >= 4 is 6.03 Å². The molecule has 20 heavy (non-hydrogen) atoms. The lowest BCUT2D eigenvalue weighted by Crippen LogP contribution is -2.50. The van der Waals surface area contributed by atoms with Gasteiger partial charge < -0.3 is 20.6 Å². The number of carbonyl (C=O) groups excluding carboxylic acids is 1. The van der Waals surface area contributed by atoms with Crippen LogP contribution in [0.1, 0.15) is 51.4 Å². The van der Waals surface area contributed by atoms with Crippen molar-refractivity contribution in [1.29, 1.82) is 0 Å². The minimum atomic E-state index is 0.0192. The highest BCUT2D eigenvalue weighted by molar-refractivity contribution is 5.74. The van der Waals surface area contributed by atoms with Gasteiger partial charge in [-0.1, -0.05) is 19.3 Å². The van der Waals surface area contributed by atoms with Gasteiger partial charge in [0.2, 0.25) is 0 Å². The summed E-state index contributed by atoms with van der Waals surface area (Å²) in [6.07, 6.45) is 8.95. The summed E-state index contributed by atoms with van der Waals surface area (Å²) in [5.74, 6) is 0. The third-order valence-corrected chi connectivity index (χ3v) is 4.50. The molecule has 5 nitrogen and oxygen atoms in total. The molecule has 2 fully saturated rings. The fraction of sp³-hybridized carbons (Fsp3) is 0.933. The van der Waals surface area contributed by atoms with E-state index in [0.29, 0.717) is 12.1 Å². The summed E-state index contributed by atoms with van der Waals surface area (Å²) >= 11 is 0. The number of aliphatic hydroxyl groups excluding tert-OH is 1. The number of likely N-dealkylation sites (tertiary alicyclic amines) is 1. The Morgan fingerprint density at radius 2 is 1.60 bits per heavy atom. The first-order valence-electron chi connectivity index (χ1n) is 8.18. The van der Waals surface area contributed by atoms with Gasteiger partial charge in [-0.15, -0.1) is 0 Å². The third-order valence-electron chi connectivity index (χ3n) is 4.50. The fourth-order valence-corrected chi connectivity index (χ4v) is 3.25. The van der Waals surface area contributed by atoms with Crippen molar-refractivity contribution in [3.63, 3.8) is 0 Å². The predicted octanol–water partition coefficient (Wildman–Crippen LogP) is 1.47. The molecule has 2 amide bonds. The number of carbonyl (C=O) groups is 1. The topological polar surface area (TPSA) is 64.6 Å². The Labute approximate surface area is 122 Å². The molecular formula is C15H29N3O2. The van der Waals surface area contributed by atoms with E-state index in [1.54, 1.807) is 0 Å². The molecule has 0 aromatic rings. The van der Waals surface area contributed by atoms with E-state index in [-0.39, 0.29) is 12.6 Å². The van der Waals surface area contributed by atoms with Gasteiger partial charge >= 0.3 is 6.03 Å². The van der Waals surface area contributed by atoms with Gasteiger partial charge in [0.05, 0.1) is 0 Å². The minimum absolute atomic E-state index is 0.0192. The Morgan fingerprint density at radius 3 is 2.20 bits per heavy atom. The van der Waals surface area contributed by atoms with Crippen molar-refractivity contribution < 1.29 is 9.90 Å². The zero-order valence-corrected chi connectivity index (χ0v) is 12.4. The van der Waals surface area contributed by atoms with E-state index >= 15 is 0 Å². The lowest BCUT2D eigenvalue weighted by Gasteiger charge is -2.32. The van der Waals surface area contributed by atoms with Crippen LogP contribution in [-0.2, 0) is 0 Å². The number of nitrogens with zero attached hydrogens (tertiary/aromatic N) is 1. The van der Waals surface area contributed by atoms with E-state index in [1.807, 2.05) is 0 Å². The number of nitrogens with one attached hydrogen (secondary N) is 2. The molecule has 0 atom stereocenters. The summed E-state index contributed by atoms with van der Waals surface area (Å²) in [6, 6.07) is 0.711. The predicted molar refractivity (Wildman–Crippen MR) is 79.7 cm³/mol. The first-order valence-corrected chi connectivity index (χ1v) is 8.18. The number of hydrogen-bond acceptors (Lipinski definition) is 3. The Bertz CT molecular complexity index is 285. The number of rotatable bonds is 5. The molecule has 0 radical (unpaired) electrons. The van der Waals surface area contributed by atoms with Gasteiger partial charge in [-0.3, -0.25) is 0 Å². The summed E-state index contributed by atoms with van der Waals surface area (Å²) in [6.45, 7) is 3.28. The highest BCUT2D eigenvalue weighted by Crippen LogP contribution is 2.17. The quantitative estimate of drug-likeness (QED) is 0.716. The SMILES string of the molecule is O=C(NC1CCCCC1)NC1CCN(CCCO)CC1. The zero-order chi connectivity index (χ0) is 14.2. The maximum atomic E-state index is 12.0. The number of piperidine rings is 1. The molecule has 0 unspecified atom stereocenters. The molecule has 116 valence electrons. The molecule has 0 aromatic heterocycles. The fourth-order valence-electron chi connectivity index (χ4n) is 3.25. The normalized spacial score (nSPS) is 22.6. The van der Waals surface area contributed by atoms with Gasteiger partial charge in [0.25, 0.3) is 0 Å². The monoisotopic (exact) mass is 283 g/mol. The van der Waals surface area contributed by atoms with E-state index in [4.69, 9.17) is 5.11 Å². The molecule has 5 heteroatoms. The number of hydrogen-bond donors (Lipinski definition) is 3. The van der Waals surface area contributed by atoms with E-state index in [9.17, 15) is 4.79 Å². The Morgan fingerprint density at radius 1 is 1.00 bits per heavy atom. The van der Waals surface area contributed by atoms with Gasteiger partial charge in [0.1, 0.15) is 0 Å². The van der Waals surface area contributed by atoms with Crippen LogP contribution >= 0.6 is 0 Å². The highest BCUT2D eigenvalue weighted by Gasteiger charge is 2.21. The molecule has 0 bridgehead atoms. The molecule has 0 aromatic carbocycles. The van der Waals surface area contributed by atoms with Crippen LogP contribution in [0.4, 0.5) is 4.79 Å². The van der Waals surface area contributed by atoms with E-state index in [0.717, 1.165) is 51.7 Å². The standard InChI is InChI=1S/C15H29N3O2/c19-12-4-9-18-10-7-14(8-11-18)17-15(20)16-13-5-2-1-3-6-13/h13-14,19H,1-12H2,(H2,16,17,20). The average molecular weight is 283 g/mol. The van der Waals surface area contributed by atoms with Crippen LogP contribution in [0.2, 0.25) is 0 Å². The van der Waals surface area contributed by atoms with Crippen LogP contribution in [0.15, 0.2) is 0 Å². The summed E-state index contributed by atoms with van der Waals surface area (Å²) in [4.78, 5) is 14.3.